The molecule has 29 heavy (non-hydrogen) atoms. The van der Waals surface area contributed by atoms with E-state index < -0.39 is 0 Å². The summed E-state index contributed by atoms with van der Waals surface area (Å²) in [6, 6.07) is 6.14. The molecule has 0 unspecified atom stereocenters. The molecule has 3 rings (SSSR count). The maximum atomic E-state index is 7.64. The summed E-state index contributed by atoms with van der Waals surface area (Å²) in [5.41, 5.74) is 12.6. The Balaban J connectivity index is 2.32. The number of anilines is 1. The minimum absolute atomic E-state index is 0.0861. The molecule has 0 aliphatic rings. The van der Waals surface area contributed by atoms with Gasteiger partial charge >= 0.3 is 0 Å². The van der Waals surface area contributed by atoms with Crippen LogP contribution in [-0.2, 0) is 6.42 Å². The first-order valence-electron chi connectivity index (χ1n) is 10.1. The highest BCUT2D eigenvalue weighted by Crippen LogP contribution is 2.37. The van der Waals surface area contributed by atoms with Gasteiger partial charge in [0.1, 0.15) is 5.84 Å². The molecular formula is C22H30N6O. The summed E-state index contributed by atoms with van der Waals surface area (Å²) in [5, 5.41) is 11.0. The number of fused-ring (bicyclic) bond motifs is 1. The Kier molecular flexibility index (Phi) is 6.06. The first-order chi connectivity index (χ1) is 13.9. The smallest absolute Gasteiger partial charge is 0.222 e. The molecule has 4 N–H and O–H groups in total. The van der Waals surface area contributed by atoms with Crippen LogP contribution in [0.5, 0.6) is 5.88 Å². The van der Waals surface area contributed by atoms with Gasteiger partial charge in [0.25, 0.3) is 0 Å². The molecule has 0 fully saturated rings. The molecule has 0 radical (unpaired) electrons. The molecule has 0 saturated carbocycles. The van der Waals surface area contributed by atoms with Crippen LogP contribution in [0.2, 0.25) is 0 Å². The van der Waals surface area contributed by atoms with Gasteiger partial charge in [-0.1, -0.05) is 6.92 Å². The summed E-state index contributed by atoms with van der Waals surface area (Å²) in [4.78, 5) is 9.40. The Hall–Kier alpha value is -3.09. The van der Waals surface area contributed by atoms with Crippen LogP contribution in [0.15, 0.2) is 24.4 Å². The van der Waals surface area contributed by atoms with Crippen LogP contribution < -0.4 is 15.8 Å². The van der Waals surface area contributed by atoms with Gasteiger partial charge in [-0.25, -0.2) is 9.97 Å². The van der Waals surface area contributed by atoms with Crippen molar-refractivity contribution in [2.45, 2.75) is 47.1 Å². The Labute approximate surface area is 171 Å². The minimum Gasteiger partial charge on any atom is -0.477 e. The maximum Gasteiger partial charge on any atom is 0.222 e. The number of hydrogen-bond acceptors (Lipinski definition) is 5. The summed E-state index contributed by atoms with van der Waals surface area (Å²) in [7, 11) is 0. The van der Waals surface area contributed by atoms with Crippen LogP contribution in [0.4, 0.5) is 5.69 Å². The fraction of sp³-hybridized carbons (Fsp3) is 0.409. The highest BCUT2D eigenvalue weighted by Gasteiger charge is 2.21. The lowest BCUT2D eigenvalue weighted by atomic mass is 10.1. The number of nitrogens with two attached hydrogens (primary N) is 1. The quantitative estimate of drug-likeness (QED) is 0.391. The topological polar surface area (TPSA) is 102 Å². The molecule has 0 aromatic carbocycles. The van der Waals surface area contributed by atoms with E-state index in [-0.39, 0.29) is 18.4 Å². The molecule has 3 aromatic rings. The zero-order chi connectivity index (χ0) is 21.1. The molecule has 154 valence electrons. The van der Waals surface area contributed by atoms with E-state index in [4.69, 9.17) is 20.9 Å². The SMILES string of the molecule is CCOc1ncccc1-c1cc(NCC(=N)N)c2c(n1)c(C)c(CC)n2C(C)C. The Morgan fingerprint density at radius 3 is 2.72 bits per heavy atom. The van der Waals surface area contributed by atoms with Crippen LogP contribution in [0.3, 0.4) is 0 Å². The Morgan fingerprint density at radius 1 is 1.34 bits per heavy atom. The summed E-state index contributed by atoms with van der Waals surface area (Å²) in [6.45, 7) is 11.4. The molecule has 0 bridgehead atoms. The van der Waals surface area contributed by atoms with E-state index >= 15 is 0 Å². The van der Waals surface area contributed by atoms with Crippen molar-refractivity contribution in [3.05, 3.63) is 35.7 Å². The molecule has 7 heteroatoms. The van der Waals surface area contributed by atoms with Crippen molar-refractivity contribution in [3.63, 3.8) is 0 Å². The standard InChI is InChI=1S/C22H30N6O/c1-6-18-14(5)20-21(28(18)13(3)4)17(26-12-19(23)24)11-16(27-20)15-9-8-10-25-22(15)29-7-2/h8-11,13H,6-7,12H2,1-5H3,(H3,23,24)(H,26,27). The van der Waals surface area contributed by atoms with Crippen molar-refractivity contribution in [2.75, 3.05) is 18.5 Å². The van der Waals surface area contributed by atoms with Gasteiger partial charge in [-0.15, -0.1) is 0 Å². The van der Waals surface area contributed by atoms with Crippen LogP contribution >= 0.6 is 0 Å². The van der Waals surface area contributed by atoms with Crippen LogP contribution in [0.1, 0.15) is 45.0 Å². The molecule has 0 atom stereocenters. The van der Waals surface area contributed by atoms with E-state index in [1.54, 1.807) is 6.20 Å². The molecule has 0 spiro atoms. The molecule has 0 saturated heterocycles. The largest absolute Gasteiger partial charge is 0.477 e. The van der Waals surface area contributed by atoms with E-state index in [0.29, 0.717) is 12.5 Å². The number of amidine groups is 1. The van der Waals surface area contributed by atoms with Crippen molar-refractivity contribution < 1.29 is 4.74 Å². The molecule has 0 aliphatic carbocycles. The predicted octanol–water partition coefficient (Wildman–Crippen LogP) is 4.30. The number of ether oxygens (including phenoxy) is 1. The third-order valence-electron chi connectivity index (χ3n) is 4.96. The summed E-state index contributed by atoms with van der Waals surface area (Å²) >= 11 is 0. The third kappa shape index (κ3) is 3.90. The van der Waals surface area contributed by atoms with E-state index in [1.165, 1.54) is 11.3 Å². The normalized spacial score (nSPS) is 11.2. The van der Waals surface area contributed by atoms with Crippen molar-refractivity contribution in [3.8, 4) is 17.1 Å². The molecule has 0 amide bonds. The Morgan fingerprint density at radius 2 is 2.10 bits per heavy atom. The van der Waals surface area contributed by atoms with Gasteiger partial charge in [0, 0.05) is 17.9 Å². The van der Waals surface area contributed by atoms with E-state index in [9.17, 15) is 0 Å². The number of aromatic nitrogens is 3. The van der Waals surface area contributed by atoms with E-state index in [1.807, 2.05) is 25.1 Å². The number of pyridine rings is 2. The molecule has 3 heterocycles. The fourth-order valence-corrected chi connectivity index (χ4v) is 3.80. The maximum absolute atomic E-state index is 7.64. The summed E-state index contributed by atoms with van der Waals surface area (Å²) in [5.74, 6) is 0.652. The summed E-state index contributed by atoms with van der Waals surface area (Å²) < 4.78 is 8.06. The second-order valence-corrected chi connectivity index (χ2v) is 7.31. The molecule has 0 aliphatic heterocycles. The van der Waals surface area contributed by atoms with Crippen molar-refractivity contribution in [1.29, 1.82) is 5.41 Å². The van der Waals surface area contributed by atoms with Crippen LogP contribution in [0, 0.1) is 12.3 Å². The van der Waals surface area contributed by atoms with Gasteiger partial charge < -0.3 is 20.4 Å². The van der Waals surface area contributed by atoms with Crippen molar-refractivity contribution in [2.24, 2.45) is 5.73 Å². The van der Waals surface area contributed by atoms with E-state index in [2.05, 4.69) is 42.6 Å². The van der Waals surface area contributed by atoms with Gasteiger partial charge in [-0.05, 0) is 57.9 Å². The van der Waals surface area contributed by atoms with Crippen molar-refractivity contribution in [1.82, 2.24) is 14.5 Å². The van der Waals surface area contributed by atoms with Gasteiger partial charge in [-0.2, -0.15) is 0 Å². The zero-order valence-electron chi connectivity index (χ0n) is 17.8. The number of aryl methyl sites for hydroxylation is 1. The average Bonchev–Trinajstić information content (AvgIpc) is 2.99. The zero-order valence-corrected chi connectivity index (χ0v) is 17.8. The van der Waals surface area contributed by atoms with Crippen LogP contribution in [-0.4, -0.2) is 33.5 Å². The number of rotatable bonds is 8. The van der Waals surface area contributed by atoms with Crippen molar-refractivity contribution >= 4 is 22.6 Å². The first kappa shape index (κ1) is 20.6. The predicted molar refractivity (Wildman–Crippen MR) is 119 cm³/mol. The van der Waals surface area contributed by atoms with Gasteiger partial charge in [0.05, 0.1) is 41.1 Å². The van der Waals surface area contributed by atoms with Crippen LogP contribution in [0.25, 0.3) is 22.3 Å². The Bertz CT molecular complexity index is 1040. The lowest BCUT2D eigenvalue weighted by Gasteiger charge is -2.18. The monoisotopic (exact) mass is 394 g/mol. The lowest BCUT2D eigenvalue weighted by molar-refractivity contribution is 0.328. The van der Waals surface area contributed by atoms with Gasteiger partial charge in [0.15, 0.2) is 0 Å². The number of nitrogens with zero attached hydrogens (tertiary/aromatic N) is 3. The van der Waals surface area contributed by atoms with Gasteiger partial charge in [0.2, 0.25) is 5.88 Å². The van der Waals surface area contributed by atoms with Gasteiger partial charge in [-0.3, -0.25) is 5.41 Å². The molecule has 7 nitrogen and oxygen atoms in total. The summed E-state index contributed by atoms with van der Waals surface area (Å²) in [6.07, 6.45) is 2.64. The minimum atomic E-state index is 0.0861. The fourth-order valence-electron chi connectivity index (χ4n) is 3.80. The third-order valence-corrected chi connectivity index (χ3v) is 4.96. The van der Waals surface area contributed by atoms with E-state index in [0.717, 1.165) is 34.4 Å². The second-order valence-electron chi connectivity index (χ2n) is 7.31. The highest BCUT2D eigenvalue weighted by atomic mass is 16.5. The molecular weight excluding hydrogens is 364 g/mol. The molecule has 3 aromatic heterocycles. The number of nitrogens with one attached hydrogen (secondary N) is 2. The second kappa shape index (κ2) is 8.51. The number of hydrogen-bond donors (Lipinski definition) is 3. The lowest BCUT2D eigenvalue weighted by Crippen LogP contribution is -2.21. The average molecular weight is 395 g/mol. The first-order valence-corrected chi connectivity index (χ1v) is 10.1. The highest BCUT2D eigenvalue weighted by molar-refractivity contribution is 5.96.